The van der Waals surface area contributed by atoms with Gasteiger partial charge in [0.2, 0.25) is 0 Å². The number of thiophene rings is 1. The lowest BCUT2D eigenvalue weighted by Gasteiger charge is -2.24. The zero-order chi connectivity index (χ0) is 27.2. The number of sulfonamides is 1. The van der Waals surface area contributed by atoms with E-state index in [2.05, 4.69) is 31.6 Å². The summed E-state index contributed by atoms with van der Waals surface area (Å²) >= 11 is 4.59. The maximum atomic E-state index is 13.9. The number of benzene rings is 3. The lowest BCUT2D eigenvalue weighted by atomic mass is 10.1. The highest BCUT2D eigenvalue weighted by atomic mass is 79.9. The van der Waals surface area contributed by atoms with Crippen molar-refractivity contribution in [1.82, 2.24) is 10.8 Å². The number of halogens is 5. The van der Waals surface area contributed by atoms with Gasteiger partial charge in [-0.1, -0.05) is 36.4 Å². The molecule has 0 bridgehead atoms. The van der Waals surface area contributed by atoms with Crippen molar-refractivity contribution in [2.45, 2.75) is 23.8 Å². The first kappa shape index (κ1) is 26.4. The summed E-state index contributed by atoms with van der Waals surface area (Å²) in [5.41, 5.74) is 1.43. The van der Waals surface area contributed by atoms with Crippen LogP contribution in [-0.4, -0.2) is 14.5 Å². The van der Waals surface area contributed by atoms with Crippen molar-refractivity contribution in [2.75, 3.05) is 4.31 Å². The molecule has 1 amide bonds. The Kier molecular flexibility index (Phi) is 6.84. The standard InChI is InChI=1S/C24H16BrF4N3O4S2/c25-20-16-3-1-2-4-19(16)37-22(20)32(12-13-5-10-18(26)17(11-13)24(27,28)29)38(34,35)15-8-6-14(7-9-15)21-30-23(33)36-31-21/h1-11,21,31H,12H2,(H,30,33). The maximum Gasteiger partial charge on any atom is 0.427 e. The molecule has 1 fully saturated rings. The van der Waals surface area contributed by atoms with Crippen LogP contribution in [0.1, 0.15) is 22.9 Å². The van der Waals surface area contributed by atoms with Gasteiger partial charge < -0.3 is 4.84 Å². The third kappa shape index (κ3) is 4.96. The summed E-state index contributed by atoms with van der Waals surface area (Å²) in [6.45, 7) is -0.493. The van der Waals surface area contributed by atoms with Crippen LogP contribution >= 0.6 is 27.3 Å². The first-order chi connectivity index (χ1) is 17.9. The van der Waals surface area contributed by atoms with Crippen LogP contribution < -0.4 is 15.1 Å². The second-order valence-corrected chi connectivity index (χ2v) is 11.9. The molecular formula is C24H16BrF4N3O4S2. The number of amides is 1. The van der Waals surface area contributed by atoms with Gasteiger partial charge in [0.1, 0.15) is 17.0 Å². The molecule has 7 nitrogen and oxygen atoms in total. The molecule has 0 saturated carbocycles. The summed E-state index contributed by atoms with van der Waals surface area (Å²) in [4.78, 5) is 15.8. The summed E-state index contributed by atoms with van der Waals surface area (Å²) < 4.78 is 84.0. The maximum absolute atomic E-state index is 13.9. The van der Waals surface area contributed by atoms with Crippen molar-refractivity contribution in [3.63, 3.8) is 0 Å². The number of anilines is 1. The number of fused-ring (bicyclic) bond motifs is 1. The van der Waals surface area contributed by atoms with Gasteiger partial charge in [-0.3, -0.25) is 9.62 Å². The van der Waals surface area contributed by atoms with E-state index in [1.54, 1.807) is 24.3 Å². The first-order valence-corrected chi connectivity index (χ1v) is 13.9. The Bertz CT molecular complexity index is 1640. The summed E-state index contributed by atoms with van der Waals surface area (Å²) in [5.74, 6) is -1.45. The Morgan fingerprint density at radius 3 is 2.39 bits per heavy atom. The van der Waals surface area contributed by atoms with Crippen molar-refractivity contribution >= 4 is 58.5 Å². The fourth-order valence-electron chi connectivity index (χ4n) is 3.88. The number of nitrogens with one attached hydrogen (secondary N) is 2. The molecule has 0 radical (unpaired) electrons. The van der Waals surface area contributed by atoms with Gasteiger partial charge in [0.25, 0.3) is 10.0 Å². The Morgan fingerprint density at radius 2 is 1.76 bits per heavy atom. The number of alkyl halides is 3. The quantitative estimate of drug-likeness (QED) is 0.239. The molecule has 4 aromatic rings. The molecule has 1 saturated heterocycles. The number of hydrogen-bond donors (Lipinski definition) is 2. The summed E-state index contributed by atoms with van der Waals surface area (Å²) in [5, 5.41) is 3.46. The molecule has 5 rings (SSSR count). The van der Waals surface area contributed by atoms with Crippen molar-refractivity contribution in [1.29, 1.82) is 0 Å². The lowest BCUT2D eigenvalue weighted by Crippen LogP contribution is -2.30. The molecule has 1 aromatic heterocycles. The topological polar surface area (TPSA) is 87.7 Å². The number of hydrogen-bond acceptors (Lipinski definition) is 6. The van der Waals surface area contributed by atoms with Gasteiger partial charge in [-0.2, -0.15) is 13.2 Å². The molecule has 38 heavy (non-hydrogen) atoms. The van der Waals surface area contributed by atoms with Crippen LogP contribution in [0.5, 0.6) is 0 Å². The molecule has 2 N–H and O–H groups in total. The average Bonchev–Trinajstić information content (AvgIpc) is 3.46. The van der Waals surface area contributed by atoms with Gasteiger partial charge in [-0.05, 0) is 57.4 Å². The van der Waals surface area contributed by atoms with Gasteiger partial charge in [-0.25, -0.2) is 17.6 Å². The monoisotopic (exact) mass is 629 g/mol. The Morgan fingerprint density at radius 1 is 1.05 bits per heavy atom. The van der Waals surface area contributed by atoms with E-state index in [9.17, 15) is 30.8 Å². The molecule has 14 heteroatoms. The average molecular weight is 630 g/mol. The zero-order valence-corrected chi connectivity index (χ0v) is 22.1. The molecule has 0 aliphatic carbocycles. The van der Waals surface area contributed by atoms with Gasteiger partial charge >= 0.3 is 12.3 Å². The highest BCUT2D eigenvalue weighted by Gasteiger charge is 2.35. The second-order valence-electron chi connectivity index (χ2n) is 8.19. The number of hydroxylamine groups is 1. The molecule has 198 valence electrons. The molecule has 1 unspecified atom stereocenters. The van der Waals surface area contributed by atoms with Gasteiger partial charge in [0, 0.05) is 10.1 Å². The molecule has 2 heterocycles. The van der Waals surface area contributed by atoms with E-state index in [0.717, 1.165) is 31.8 Å². The molecular weight excluding hydrogens is 614 g/mol. The second kappa shape index (κ2) is 9.84. The smallest absolute Gasteiger partial charge is 0.351 e. The minimum Gasteiger partial charge on any atom is -0.351 e. The number of nitrogens with zero attached hydrogens (tertiary/aromatic N) is 1. The van der Waals surface area contributed by atoms with Crippen LogP contribution in [-0.2, 0) is 27.6 Å². The third-order valence-corrected chi connectivity index (χ3v) is 9.87. The summed E-state index contributed by atoms with van der Waals surface area (Å²) in [6, 6.07) is 15.1. The van der Waals surface area contributed by atoms with Crippen molar-refractivity contribution in [3.8, 4) is 0 Å². The predicted molar refractivity (Wildman–Crippen MR) is 136 cm³/mol. The van der Waals surface area contributed by atoms with Crippen LogP contribution in [0.15, 0.2) is 76.1 Å². The van der Waals surface area contributed by atoms with E-state index in [1.165, 1.54) is 24.3 Å². The Balaban J connectivity index is 1.59. The van der Waals surface area contributed by atoms with E-state index in [-0.39, 0.29) is 15.5 Å². The number of rotatable bonds is 6. The highest BCUT2D eigenvalue weighted by molar-refractivity contribution is 9.10. The Labute approximate surface area is 226 Å². The molecule has 0 spiro atoms. The van der Waals surface area contributed by atoms with Crippen molar-refractivity contribution in [3.05, 3.63) is 93.7 Å². The lowest BCUT2D eigenvalue weighted by molar-refractivity contribution is -0.140. The van der Waals surface area contributed by atoms with Crippen molar-refractivity contribution < 1.29 is 35.6 Å². The molecule has 1 atom stereocenters. The van der Waals surface area contributed by atoms with Gasteiger partial charge in [-0.15, -0.1) is 16.8 Å². The molecule has 3 aromatic carbocycles. The third-order valence-electron chi connectivity index (χ3n) is 5.74. The van der Waals surface area contributed by atoms with Crippen LogP contribution in [0.3, 0.4) is 0 Å². The fraction of sp³-hybridized carbons (Fsp3) is 0.125. The summed E-state index contributed by atoms with van der Waals surface area (Å²) in [7, 11) is -4.33. The van der Waals surface area contributed by atoms with Gasteiger partial charge in [0.15, 0.2) is 0 Å². The van der Waals surface area contributed by atoms with Crippen LogP contribution in [0.25, 0.3) is 10.1 Å². The molecule has 1 aliphatic rings. The van der Waals surface area contributed by atoms with Gasteiger partial charge in [0.05, 0.1) is 21.5 Å². The first-order valence-electron chi connectivity index (χ1n) is 10.8. The van der Waals surface area contributed by atoms with E-state index in [0.29, 0.717) is 22.2 Å². The van der Waals surface area contributed by atoms with Crippen LogP contribution in [0.4, 0.5) is 27.4 Å². The number of carbonyl (C=O) groups is 1. The van der Waals surface area contributed by atoms with Crippen LogP contribution in [0, 0.1) is 5.82 Å². The van der Waals surface area contributed by atoms with Crippen LogP contribution in [0.2, 0.25) is 0 Å². The number of carbonyl (C=O) groups excluding carboxylic acids is 1. The van der Waals surface area contributed by atoms with Crippen molar-refractivity contribution in [2.24, 2.45) is 0 Å². The minimum atomic E-state index is -4.95. The molecule has 1 aliphatic heterocycles. The fourth-order valence-corrected chi connectivity index (χ4v) is 7.70. The predicted octanol–water partition coefficient (Wildman–Crippen LogP) is 6.46. The normalized spacial score (nSPS) is 15.9. The van der Waals surface area contributed by atoms with E-state index < -0.39 is 46.4 Å². The summed E-state index contributed by atoms with van der Waals surface area (Å²) in [6.07, 6.45) is -6.33. The zero-order valence-electron chi connectivity index (χ0n) is 18.9. The minimum absolute atomic E-state index is 0.0571. The Hall–Kier alpha value is -3.20. The van der Waals surface area contributed by atoms with E-state index >= 15 is 0 Å². The SMILES string of the molecule is O=C1NC(c2ccc(S(=O)(=O)N(Cc3ccc(F)c(C(F)(F)F)c3)c3sc4ccccc4c3Br)cc2)NO1. The largest absolute Gasteiger partial charge is 0.427 e. The van der Waals surface area contributed by atoms with E-state index in [4.69, 9.17) is 0 Å². The highest BCUT2D eigenvalue weighted by Crippen LogP contribution is 2.44. The van der Waals surface area contributed by atoms with E-state index in [1.807, 2.05) is 0 Å².